The fraction of sp³-hybridized carbons (Fsp3) is 0.231. The molecule has 18 heavy (non-hydrogen) atoms. The Bertz CT molecular complexity index is 558. The van der Waals surface area contributed by atoms with Crippen molar-refractivity contribution in [1.29, 1.82) is 0 Å². The number of aryl methyl sites for hydroxylation is 1. The minimum absolute atomic E-state index is 0.0148. The fourth-order valence-electron chi connectivity index (χ4n) is 1.74. The zero-order chi connectivity index (χ0) is 13.1. The largest absolute Gasteiger partial charge is 0.476 e. The van der Waals surface area contributed by atoms with Crippen LogP contribution in [0.4, 0.5) is 0 Å². The van der Waals surface area contributed by atoms with Gasteiger partial charge >= 0.3 is 5.97 Å². The average Bonchev–Trinajstić information content (AvgIpc) is 2.75. The van der Waals surface area contributed by atoms with Crippen LogP contribution in [-0.2, 0) is 6.54 Å². The molecule has 5 heteroatoms. The number of aromatic carboxylic acids is 1. The molecule has 2 N–H and O–H groups in total. The second kappa shape index (κ2) is 5.01. The number of rotatable bonds is 4. The molecule has 0 unspecified atom stereocenters. The monoisotopic (exact) mass is 246 g/mol. The van der Waals surface area contributed by atoms with E-state index in [1.807, 2.05) is 31.2 Å². The zero-order valence-corrected chi connectivity index (χ0v) is 10.00. The van der Waals surface area contributed by atoms with Crippen molar-refractivity contribution < 1.29 is 15.0 Å². The van der Waals surface area contributed by atoms with Gasteiger partial charge in [-0.15, -0.1) is 0 Å². The molecule has 0 aliphatic carbocycles. The molecule has 2 aromatic rings. The summed E-state index contributed by atoms with van der Waals surface area (Å²) in [5.41, 5.74) is 2.69. The van der Waals surface area contributed by atoms with Gasteiger partial charge in [-0.2, -0.15) is 5.10 Å². The van der Waals surface area contributed by atoms with Crippen LogP contribution in [0.3, 0.4) is 0 Å². The Morgan fingerprint density at radius 2 is 2.00 bits per heavy atom. The van der Waals surface area contributed by atoms with Crippen LogP contribution in [0.5, 0.6) is 0 Å². The summed E-state index contributed by atoms with van der Waals surface area (Å²) >= 11 is 0. The lowest BCUT2D eigenvalue weighted by Gasteiger charge is -2.05. The molecule has 0 bridgehead atoms. The average molecular weight is 246 g/mol. The summed E-state index contributed by atoms with van der Waals surface area (Å²) < 4.78 is 1.51. The van der Waals surface area contributed by atoms with E-state index in [9.17, 15) is 4.79 Å². The number of benzene rings is 1. The van der Waals surface area contributed by atoms with Crippen LogP contribution in [0.15, 0.2) is 30.3 Å². The Balaban J connectivity index is 2.47. The van der Waals surface area contributed by atoms with Crippen molar-refractivity contribution in [3.05, 3.63) is 41.6 Å². The van der Waals surface area contributed by atoms with Crippen molar-refractivity contribution in [3.8, 4) is 11.3 Å². The summed E-state index contributed by atoms with van der Waals surface area (Å²) in [5.74, 6) is -1.07. The number of aliphatic hydroxyl groups excluding tert-OH is 1. The first kappa shape index (κ1) is 12.3. The summed E-state index contributed by atoms with van der Waals surface area (Å²) in [6.45, 7) is 2.17. The van der Waals surface area contributed by atoms with Crippen molar-refractivity contribution in [3.63, 3.8) is 0 Å². The highest BCUT2D eigenvalue weighted by Gasteiger charge is 2.14. The van der Waals surface area contributed by atoms with Gasteiger partial charge < -0.3 is 10.2 Å². The van der Waals surface area contributed by atoms with E-state index < -0.39 is 5.97 Å². The van der Waals surface area contributed by atoms with Crippen LogP contribution in [0.25, 0.3) is 11.3 Å². The van der Waals surface area contributed by atoms with Gasteiger partial charge in [0, 0.05) is 0 Å². The molecule has 0 saturated heterocycles. The van der Waals surface area contributed by atoms with Gasteiger partial charge in [-0.05, 0) is 18.6 Å². The summed E-state index contributed by atoms with van der Waals surface area (Å²) in [7, 11) is 0. The smallest absolute Gasteiger partial charge is 0.356 e. The maximum atomic E-state index is 10.9. The lowest BCUT2D eigenvalue weighted by molar-refractivity contribution is 0.0689. The third-order valence-corrected chi connectivity index (χ3v) is 2.66. The minimum Gasteiger partial charge on any atom is -0.476 e. The molecule has 0 saturated carbocycles. The lowest BCUT2D eigenvalue weighted by atomic mass is 10.1. The Labute approximate surface area is 104 Å². The normalized spacial score (nSPS) is 10.6. The Morgan fingerprint density at radius 3 is 2.56 bits per heavy atom. The van der Waals surface area contributed by atoms with E-state index in [-0.39, 0.29) is 18.8 Å². The molecule has 5 nitrogen and oxygen atoms in total. The summed E-state index contributed by atoms with van der Waals surface area (Å²) in [6.07, 6.45) is 0. The van der Waals surface area contributed by atoms with Gasteiger partial charge in [-0.3, -0.25) is 4.68 Å². The molecule has 0 amide bonds. The molecule has 2 rings (SSSR count). The number of hydrogen-bond donors (Lipinski definition) is 2. The van der Waals surface area contributed by atoms with E-state index in [4.69, 9.17) is 10.2 Å². The third-order valence-electron chi connectivity index (χ3n) is 2.66. The molecule has 0 radical (unpaired) electrons. The first-order chi connectivity index (χ1) is 8.61. The number of carboxylic acid groups (broad SMARTS) is 1. The molecular formula is C13H14N2O3. The van der Waals surface area contributed by atoms with Crippen LogP contribution in [0, 0.1) is 6.92 Å². The quantitative estimate of drug-likeness (QED) is 0.858. The van der Waals surface area contributed by atoms with Crippen LogP contribution in [0.1, 0.15) is 16.1 Å². The summed E-state index contributed by atoms with van der Waals surface area (Å²) in [4.78, 5) is 10.9. The zero-order valence-electron chi connectivity index (χ0n) is 10.00. The second-order valence-corrected chi connectivity index (χ2v) is 4.03. The fourth-order valence-corrected chi connectivity index (χ4v) is 1.74. The highest BCUT2D eigenvalue weighted by Crippen LogP contribution is 2.21. The van der Waals surface area contributed by atoms with Crippen molar-refractivity contribution >= 4 is 5.97 Å². The number of carbonyl (C=O) groups is 1. The van der Waals surface area contributed by atoms with Gasteiger partial charge in [0.25, 0.3) is 0 Å². The van der Waals surface area contributed by atoms with Crippen LogP contribution >= 0.6 is 0 Å². The minimum atomic E-state index is -1.07. The topological polar surface area (TPSA) is 75.3 Å². The van der Waals surface area contributed by atoms with E-state index in [1.54, 1.807) is 0 Å². The highest BCUT2D eigenvalue weighted by atomic mass is 16.4. The van der Waals surface area contributed by atoms with E-state index in [0.717, 1.165) is 11.1 Å². The van der Waals surface area contributed by atoms with Crippen molar-refractivity contribution in [2.24, 2.45) is 0 Å². The van der Waals surface area contributed by atoms with Gasteiger partial charge in [0.2, 0.25) is 0 Å². The van der Waals surface area contributed by atoms with Crippen LogP contribution in [0.2, 0.25) is 0 Å². The molecule has 94 valence electrons. The van der Waals surface area contributed by atoms with Gasteiger partial charge in [-0.1, -0.05) is 29.8 Å². The van der Waals surface area contributed by atoms with E-state index in [1.165, 1.54) is 10.7 Å². The molecule has 1 aromatic carbocycles. The lowest BCUT2D eigenvalue weighted by Crippen LogP contribution is -2.07. The summed E-state index contributed by atoms with van der Waals surface area (Å²) in [6, 6.07) is 9.23. The first-order valence-corrected chi connectivity index (χ1v) is 5.61. The molecule has 0 fully saturated rings. The Kier molecular flexibility index (Phi) is 3.43. The van der Waals surface area contributed by atoms with Crippen LogP contribution < -0.4 is 0 Å². The molecule has 1 aromatic heterocycles. The number of carboxylic acids is 1. The molecule has 0 aliphatic rings. The SMILES string of the molecule is Cc1ccc(-c2cc(C(=O)O)nn2CCO)cc1. The van der Waals surface area contributed by atoms with Crippen molar-refractivity contribution in [2.75, 3.05) is 6.61 Å². The molecule has 0 spiro atoms. The maximum absolute atomic E-state index is 10.9. The summed E-state index contributed by atoms with van der Waals surface area (Å²) in [5, 5.41) is 21.9. The molecule has 0 atom stereocenters. The number of hydrogen-bond acceptors (Lipinski definition) is 3. The molecular weight excluding hydrogens is 232 g/mol. The highest BCUT2D eigenvalue weighted by molar-refractivity contribution is 5.87. The van der Waals surface area contributed by atoms with Crippen molar-refractivity contribution in [2.45, 2.75) is 13.5 Å². The number of aromatic nitrogens is 2. The van der Waals surface area contributed by atoms with E-state index in [0.29, 0.717) is 5.69 Å². The van der Waals surface area contributed by atoms with Crippen LogP contribution in [-0.4, -0.2) is 32.6 Å². The Morgan fingerprint density at radius 1 is 1.33 bits per heavy atom. The first-order valence-electron chi connectivity index (χ1n) is 5.61. The van der Waals surface area contributed by atoms with Gasteiger partial charge in [0.15, 0.2) is 5.69 Å². The van der Waals surface area contributed by atoms with E-state index in [2.05, 4.69) is 5.10 Å². The second-order valence-electron chi connectivity index (χ2n) is 4.03. The predicted octanol–water partition coefficient (Wildman–Crippen LogP) is 1.55. The van der Waals surface area contributed by atoms with Gasteiger partial charge in [0.05, 0.1) is 18.8 Å². The van der Waals surface area contributed by atoms with Crippen molar-refractivity contribution in [1.82, 2.24) is 9.78 Å². The van der Waals surface area contributed by atoms with Gasteiger partial charge in [-0.25, -0.2) is 4.79 Å². The maximum Gasteiger partial charge on any atom is 0.356 e. The number of aliphatic hydroxyl groups is 1. The van der Waals surface area contributed by atoms with Gasteiger partial charge in [0.1, 0.15) is 0 Å². The Hall–Kier alpha value is -2.14. The van der Waals surface area contributed by atoms with E-state index >= 15 is 0 Å². The standard InChI is InChI=1S/C13H14N2O3/c1-9-2-4-10(5-3-9)12-8-11(13(17)18)14-15(12)6-7-16/h2-5,8,16H,6-7H2,1H3,(H,17,18). The predicted molar refractivity (Wildman–Crippen MR) is 66.4 cm³/mol. The molecule has 1 heterocycles. The molecule has 0 aliphatic heterocycles. The number of nitrogens with zero attached hydrogens (tertiary/aromatic N) is 2. The third kappa shape index (κ3) is 2.41.